The summed E-state index contributed by atoms with van der Waals surface area (Å²) >= 11 is 0. The van der Waals surface area contributed by atoms with Gasteiger partial charge in [0.15, 0.2) is 5.75 Å². The monoisotopic (exact) mass is 616 g/mol. The Hall–Kier alpha value is -4.61. The fourth-order valence-electron chi connectivity index (χ4n) is 5.24. The van der Waals surface area contributed by atoms with Crippen molar-refractivity contribution in [2.24, 2.45) is 5.92 Å². The second kappa shape index (κ2) is 12.9. The van der Waals surface area contributed by atoms with E-state index in [2.05, 4.69) is 10.0 Å². The van der Waals surface area contributed by atoms with Gasteiger partial charge < -0.3 is 25.0 Å². The molecule has 1 heterocycles. The summed E-state index contributed by atoms with van der Waals surface area (Å²) in [7, 11) is -2.36. The lowest BCUT2D eigenvalue weighted by Gasteiger charge is -2.38. The number of aliphatic hydroxyl groups excluding tert-OH is 1. The minimum Gasteiger partial charge on any atom is -0.485 e. The Balaban J connectivity index is 1.47. The van der Waals surface area contributed by atoms with Crippen molar-refractivity contribution in [2.45, 2.75) is 30.9 Å². The number of amides is 3. The van der Waals surface area contributed by atoms with Crippen LogP contribution in [0.4, 0.5) is 16.2 Å². The summed E-state index contributed by atoms with van der Waals surface area (Å²) < 4.78 is 35.6. The first-order valence-electron chi connectivity index (χ1n) is 14.4. The molecule has 11 heteroatoms. The molecule has 44 heavy (non-hydrogen) atoms. The standard InChI is InChI=1S/C33H36N4O6S/c1-22-19-37(23(2)21-38)32(39)27-16-10-18-29(35-44(41,42)25-13-5-4-6-14-25)31(27)43-30(22)20-36(3)33(40)34-28-17-9-12-24-11-7-8-15-26(24)28/h4-18,22-23,30,35,38H,19-21H2,1-3H3,(H,34,40)/t22-,23+,30-/m0/s1. The number of anilines is 2. The van der Waals surface area contributed by atoms with Gasteiger partial charge in [-0.1, -0.05) is 67.6 Å². The Labute approximate surface area is 257 Å². The first kappa shape index (κ1) is 30.8. The maximum Gasteiger partial charge on any atom is 0.321 e. The normalized spacial score (nSPS) is 17.5. The quantitative estimate of drug-likeness (QED) is 0.255. The number of fused-ring (bicyclic) bond motifs is 2. The Morgan fingerprint density at radius 3 is 2.41 bits per heavy atom. The number of urea groups is 1. The maximum absolute atomic E-state index is 13.8. The number of para-hydroxylation sites is 1. The number of benzene rings is 4. The fraction of sp³-hybridized carbons (Fsp3) is 0.273. The van der Waals surface area contributed by atoms with Crippen LogP contribution in [0.1, 0.15) is 24.2 Å². The highest BCUT2D eigenvalue weighted by atomic mass is 32.2. The Kier molecular flexibility index (Phi) is 9.07. The molecule has 0 unspecified atom stereocenters. The second-order valence-corrected chi connectivity index (χ2v) is 12.7. The molecule has 230 valence electrons. The Morgan fingerprint density at radius 1 is 1.00 bits per heavy atom. The van der Waals surface area contributed by atoms with Crippen molar-refractivity contribution >= 4 is 44.1 Å². The number of nitrogens with zero attached hydrogens (tertiary/aromatic N) is 2. The summed E-state index contributed by atoms with van der Waals surface area (Å²) in [5.41, 5.74) is 0.916. The van der Waals surface area contributed by atoms with Gasteiger partial charge in [0.2, 0.25) is 0 Å². The first-order valence-corrected chi connectivity index (χ1v) is 15.9. The molecule has 3 atom stereocenters. The molecule has 0 saturated heterocycles. The number of aliphatic hydroxyl groups is 1. The average Bonchev–Trinajstić information content (AvgIpc) is 3.03. The van der Waals surface area contributed by atoms with Gasteiger partial charge in [-0.15, -0.1) is 0 Å². The van der Waals surface area contributed by atoms with Crippen molar-refractivity contribution in [3.63, 3.8) is 0 Å². The van der Waals surface area contributed by atoms with Crippen LogP contribution in [0.3, 0.4) is 0 Å². The van der Waals surface area contributed by atoms with E-state index in [1.165, 1.54) is 23.1 Å². The lowest BCUT2D eigenvalue weighted by molar-refractivity contribution is 0.0373. The summed E-state index contributed by atoms with van der Waals surface area (Å²) in [4.78, 5) is 30.3. The SMILES string of the molecule is C[C@H](CO)N1C[C@H](C)[C@H](CN(C)C(=O)Nc2cccc3ccccc23)Oc2c(NS(=O)(=O)c3ccccc3)cccc2C1=O. The lowest BCUT2D eigenvalue weighted by atomic mass is 9.99. The molecule has 3 amide bonds. The minimum atomic E-state index is -4.01. The van der Waals surface area contributed by atoms with E-state index in [0.717, 1.165) is 10.8 Å². The van der Waals surface area contributed by atoms with Crippen LogP contribution >= 0.6 is 0 Å². The van der Waals surface area contributed by atoms with Gasteiger partial charge >= 0.3 is 6.03 Å². The molecule has 0 aliphatic carbocycles. The second-order valence-electron chi connectivity index (χ2n) is 11.1. The first-order chi connectivity index (χ1) is 21.1. The number of sulfonamides is 1. The average molecular weight is 617 g/mol. The van der Waals surface area contributed by atoms with Crippen molar-refractivity contribution in [1.82, 2.24) is 9.80 Å². The summed E-state index contributed by atoms with van der Waals surface area (Å²) in [5, 5.41) is 14.8. The van der Waals surface area contributed by atoms with Crippen LogP contribution in [0.15, 0.2) is 95.9 Å². The van der Waals surface area contributed by atoms with E-state index in [4.69, 9.17) is 4.74 Å². The molecule has 10 nitrogen and oxygen atoms in total. The van der Waals surface area contributed by atoms with Crippen molar-refractivity contribution in [1.29, 1.82) is 0 Å². The molecule has 3 N–H and O–H groups in total. The van der Waals surface area contributed by atoms with E-state index in [9.17, 15) is 23.1 Å². The fourth-order valence-corrected chi connectivity index (χ4v) is 6.33. The highest BCUT2D eigenvalue weighted by Crippen LogP contribution is 2.36. The maximum atomic E-state index is 13.8. The van der Waals surface area contributed by atoms with Crippen molar-refractivity contribution in [3.8, 4) is 5.75 Å². The van der Waals surface area contributed by atoms with Gasteiger partial charge in [-0.05, 0) is 42.6 Å². The number of hydrogen-bond acceptors (Lipinski definition) is 6. The molecule has 1 aliphatic rings. The van der Waals surface area contributed by atoms with E-state index >= 15 is 0 Å². The van der Waals surface area contributed by atoms with Crippen molar-refractivity contribution in [2.75, 3.05) is 36.8 Å². The van der Waals surface area contributed by atoms with Gasteiger partial charge in [0.05, 0.1) is 41.0 Å². The zero-order chi connectivity index (χ0) is 31.4. The largest absolute Gasteiger partial charge is 0.485 e. The van der Waals surface area contributed by atoms with E-state index in [1.807, 2.05) is 49.4 Å². The van der Waals surface area contributed by atoms with Crippen LogP contribution in [0.5, 0.6) is 5.75 Å². The number of carbonyl (C=O) groups is 2. The van der Waals surface area contributed by atoms with Gasteiger partial charge in [-0.2, -0.15) is 0 Å². The van der Waals surface area contributed by atoms with Gasteiger partial charge in [0, 0.05) is 24.9 Å². The van der Waals surface area contributed by atoms with E-state index in [0.29, 0.717) is 5.69 Å². The van der Waals surface area contributed by atoms with Crippen LogP contribution in [-0.2, 0) is 10.0 Å². The van der Waals surface area contributed by atoms with Crippen molar-refractivity contribution in [3.05, 3.63) is 96.6 Å². The number of carbonyl (C=O) groups excluding carboxylic acids is 2. The number of likely N-dealkylation sites (N-methyl/N-ethyl adjacent to an activating group) is 1. The third-order valence-corrected chi connectivity index (χ3v) is 9.20. The molecule has 0 spiro atoms. The Bertz CT molecular complexity index is 1760. The summed E-state index contributed by atoms with van der Waals surface area (Å²) in [6, 6.07) is 25.2. The molecule has 0 saturated carbocycles. The van der Waals surface area contributed by atoms with E-state index < -0.39 is 28.1 Å². The smallest absolute Gasteiger partial charge is 0.321 e. The third-order valence-electron chi connectivity index (χ3n) is 7.82. The summed E-state index contributed by atoms with van der Waals surface area (Å²) in [6.45, 7) is 3.77. The van der Waals surface area contributed by atoms with Crippen LogP contribution in [0, 0.1) is 5.92 Å². The Morgan fingerprint density at radius 2 is 1.66 bits per heavy atom. The zero-order valence-electron chi connectivity index (χ0n) is 24.8. The molecule has 0 fully saturated rings. The number of rotatable bonds is 8. The van der Waals surface area contributed by atoms with Crippen molar-refractivity contribution < 1.29 is 27.9 Å². The molecule has 5 rings (SSSR count). The zero-order valence-corrected chi connectivity index (χ0v) is 25.6. The van der Waals surface area contributed by atoms with Crippen LogP contribution < -0.4 is 14.8 Å². The highest BCUT2D eigenvalue weighted by Gasteiger charge is 2.35. The number of hydrogen-bond donors (Lipinski definition) is 3. The molecule has 0 aromatic heterocycles. The van der Waals surface area contributed by atoms with Gasteiger partial charge in [0.1, 0.15) is 6.10 Å². The predicted octanol–water partition coefficient (Wildman–Crippen LogP) is 5.02. The van der Waals surface area contributed by atoms with Gasteiger partial charge in [-0.3, -0.25) is 9.52 Å². The third kappa shape index (κ3) is 6.48. The van der Waals surface area contributed by atoms with E-state index in [-0.39, 0.29) is 53.5 Å². The van der Waals surface area contributed by atoms with Gasteiger partial charge in [-0.25, -0.2) is 13.2 Å². The van der Waals surface area contributed by atoms with E-state index in [1.54, 1.807) is 49.2 Å². The highest BCUT2D eigenvalue weighted by molar-refractivity contribution is 7.92. The van der Waals surface area contributed by atoms with Crippen LogP contribution in [0.2, 0.25) is 0 Å². The molecule has 0 bridgehead atoms. The number of nitrogens with one attached hydrogen (secondary N) is 2. The summed E-state index contributed by atoms with van der Waals surface area (Å²) in [5.74, 6) is -0.631. The molecular weight excluding hydrogens is 580 g/mol. The lowest BCUT2D eigenvalue weighted by Crippen LogP contribution is -2.50. The molecular formula is C33H36N4O6S. The summed E-state index contributed by atoms with van der Waals surface area (Å²) in [6.07, 6.45) is -0.638. The predicted molar refractivity (Wildman–Crippen MR) is 170 cm³/mol. The molecule has 0 radical (unpaired) electrons. The molecule has 4 aromatic carbocycles. The van der Waals surface area contributed by atoms with Crippen LogP contribution in [0.25, 0.3) is 10.8 Å². The molecule has 1 aliphatic heterocycles. The van der Waals surface area contributed by atoms with Gasteiger partial charge in [0.25, 0.3) is 15.9 Å². The number of ether oxygens (including phenoxy) is 1. The topological polar surface area (TPSA) is 128 Å². The molecule has 4 aromatic rings. The minimum absolute atomic E-state index is 0.0556. The van der Waals surface area contributed by atoms with Crippen LogP contribution in [-0.4, -0.2) is 74.2 Å².